The summed E-state index contributed by atoms with van der Waals surface area (Å²) >= 11 is 3.57. The molecule has 1 saturated heterocycles. The van der Waals surface area contributed by atoms with Crippen LogP contribution >= 0.6 is 23.1 Å². The van der Waals surface area contributed by atoms with Gasteiger partial charge in [-0.1, -0.05) is 6.92 Å². The topological polar surface area (TPSA) is 41.1 Å². The summed E-state index contributed by atoms with van der Waals surface area (Å²) in [7, 11) is 0. The summed E-state index contributed by atoms with van der Waals surface area (Å²) in [5.74, 6) is 1.02. The van der Waals surface area contributed by atoms with Crippen LogP contribution in [-0.2, 0) is 4.79 Å². The monoisotopic (exact) mass is 306 g/mol. The molecule has 0 spiro atoms. The average molecular weight is 306 g/mol. The standard InChI is InChI=1S/C15H18N2OS2/c1-8-2-3-10-11(6-8)20-15-12(10)14(18)16-13(17-15)9-4-5-19-7-9/h4-5,7-8,12-13,15,17H,2-3,6H2,1H3,(H,16,18). The van der Waals surface area contributed by atoms with Crippen molar-refractivity contribution >= 4 is 29.0 Å². The highest BCUT2D eigenvalue weighted by Crippen LogP contribution is 2.50. The molecule has 3 nitrogen and oxygen atoms in total. The van der Waals surface area contributed by atoms with Gasteiger partial charge < -0.3 is 5.32 Å². The smallest absolute Gasteiger partial charge is 0.231 e. The first-order valence-corrected chi connectivity index (χ1v) is 9.01. The van der Waals surface area contributed by atoms with Crippen LogP contribution in [0.2, 0.25) is 0 Å². The van der Waals surface area contributed by atoms with Crippen molar-refractivity contribution in [1.29, 1.82) is 0 Å². The fraction of sp³-hybridized carbons (Fsp3) is 0.533. The molecule has 0 bridgehead atoms. The Balaban J connectivity index is 1.58. The van der Waals surface area contributed by atoms with Gasteiger partial charge in [0.05, 0.1) is 11.3 Å². The molecule has 3 heterocycles. The molecule has 1 aromatic heterocycles. The van der Waals surface area contributed by atoms with Gasteiger partial charge in [-0.15, -0.1) is 11.8 Å². The molecular formula is C15H18N2OS2. The van der Waals surface area contributed by atoms with Crippen LogP contribution in [0.5, 0.6) is 0 Å². The second-order valence-corrected chi connectivity index (χ2v) is 7.99. The molecule has 1 aromatic rings. The predicted octanol–water partition coefficient (Wildman–Crippen LogP) is 3.23. The fourth-order valence-electron chi connectivity index (χ4n) is 3.43. The molecule has 20 heavy (non-hydrogen) atoms. The first kappa shape index (κ1) is 12.9. The summed E-state index contributed by atoms with van der Waals surface area (Å²) < 4.78 is 0. The molecule has 0 aromatic carbocycles. The second kappa shape index (κ2) is 4.90. The number of thiophene rings is 1. The Kier molecular flexibility index (Phi) is 3.16. The van der Waals surface area contributed by atoms with Crippen LogP contribution in [0.4, 0.5) is 0 Å². The molecule has 4 atom stereocenters. The SMILES string of the molecule is CC1CCC2=C(C1)SC1NC(c3ccsc3)NC(=O)C21. The van der Waals surface area contributed by atoms with E-state index < -0.39 is 0 Å². The molecular weight excluding hydrogens is 288 g/mol. The molecule has 0 radical (unpaired) electrons. The minimum Gasteiger partial charge on any atom is -0.336 e. The number of thioether (sulfide) groups is 1. The average Bonchev–Trinajstić information content (AvgIpc) is 3.04. The van der Waals surface area contributed by atoms with E-state index in [-0.39, 0.29) is 23.4 Å². The van der Waals surface area contributed by atoms with Gasteiger partial charge >= 0.3 is 0 Å². The van der Waals surface area contributed by atoms with E-state index in [9.17, 15) is 4.79 Å². The number of carbonyl (C=O) groups excluding carboxylic acids is 1. The van der Waals surface area contributed by atoms with E-state index in [4.69, 9.17) is 0 Å². The van der Waals surface area contributed by atoms with Crippen molar-refractivity contribution in [3.8, 4) is 0 Å². The number of rotatable bonds is 1. The molecule has 4 unspecified atom stereocenters. The summed E-state index contributed by atoms with van der Waals surface area (Å²) in [6.07, 6.45) is 3.46. The molecule has 1 fully saturated rings. The Hall–Kier alpha value is -0.780. The highest BCUT2D eigenvalue weighted by Gasteiger charge is 2.45. The lowest BCUT2D eigenvalue weighted by molar-refractivity contribution is -0.127. The van der Waals surface area contributed by atoms with Gasteiger partial charge in [0.1, 0.15) is 6.17 Å². The Morgan fingerprint density at radius 1 is 1.40 bits per heavy atom. The van der Waals surface area contributed by atoms with Crippen LogP contribution in [0.15, 0.2) is 27.3 Å². The minimum atomic E-state index is -0.0266. The van der Waals surface area contributed by atoms with Crippen molar-refractivity contribution < 1.29 is 4.79 Å². The van der Waals surface area contributed by atoms with Crippen LogP contribution in [-0.4, -0.2) is 11.3 Å². The maximum atomic E-state index is 12.5. The van der Waals surface area contributed by atoms with Gasteiger partial charge in [-0.25, -0.2) is 0 Å². The van der Waals surface area contributed by atoms with E-state index in [0.29, 0.717) is 0 Å². The lowest BCUT2D eigenvalue weighted by Crippen LogP contribution is -2.54. The maximum Gasteiger partial charge on any atom is 0.231 e. The molecule has 0 saturated carbocycles. The Labute approximate surface area is 127 Å². The number of carbonyl (C=O) groups is 1. The van der Waals surface area contributed by atoms with Crippen molar-refractivity contribution in [3.63, 3.8) is 0 Å². The molecule has 1 aliphatic carbocycles. The van der Waals surface area contributed by atoms with Crippen LogP contribution < -0.4 is 10.6 Å². The van der Waals surface area contributed by atoms with Gasteiger partial charge in [0.15, 0.2) is 0 Å². The Bertz CT molecular complexity index is 566. The lowest BCUT2D eigenvalue weighted by Gasteiger charge is -2.34. The number of fused-ring (bicyclic) bond motifs is 2. The normalized spacial score (nSPS) is 36.5. The van der Waals surface area contributed by atoms with Gasteiger partial charge in [0.2, 0.25) is 5.91 Å². The molecule has 106 valence electrons. The summed E-state index contributed by atoms with van der Waals surface area (Å²) in [4.78, 5) is 14.0. The van der Waals surface area contributed by atoms with Crippen LogP contribution in [0, 0.1) is 11.8 Å². The fourth-order valence-corrected chi connectivity index (χ4v) is 5.81. The number of hydrogen-bond acceptors (Lipinski definition) is 4. The largest absolute Gasteiger partial charge is 0.336 e. The van der Waals surface area contributed by atoms with Gasteiger partial charge in [-0.2, -0.15) is 11.3 Å². The predicted molar refractivity (Wildman–Crippen MR) is 83.2 cm³/mol. The molecule has 4 rings (SSSR count). The zero-order valence-corrected chi connectivity index (χ0v) is 13.0. The first-order chi connectivity index (χ1) is 9.72. The van der Waals surface area contributed by atoms with E-state index in [1.54, 1.807) is 11.3 Å². The van der Waals surface area contributed by atoms with Crippen molar-refractivity contribution in [3.05, 3.63) is 32.9 Å². The zero-order valence-electron chi connectivity index (χ0n) is 11.4. The highest BCUT2D eigenvalue weighted by atomic mass is 32.2. The Morgan fingerprint density at radius 3 is 3.10 bits per heavy atom. The van der Waals surface area contributed by atoms with Crippen molar-refractivity contribution in [2.24, 2.45) is 11.8 Å². The van der Waals surface area contributed by atoms with E-state index in [1.165, 1.54) is 22.5 Å². The third-order valence-electron chi connectivity index (χ3n) is 4.52. The third kappa shape index (κ3) is 2.03. The molecule has 2 aliphatic heterocycles. The van der Waals surface area contributed by atoms with E-state index in [2.05, 4.69) is 34.4 Å². The highest BCUT2D eigenvalue weighted by molar-refractivity contribution is 8.04. The van der Waals surface area contributed by atoms with Gasteiger partial charge in [0, 0.05) is 0 Å². The number of allylic oxidation sites excluding steroid dienone is 1. The van der Waals surface area contributed by atoms with Crippen LogP contribution in [0.3, 0.4) is 0 Å². The summed E-state index contributed by atoms with van der Waals surface area (Å²) in [5.41, 5.74) is 2.58. The summed E-state index contributed by atoms with van der Waals surface area (Å²) in [5, 5.41) is 11.1. The zero-order chi connectivity index (χ0) is 13.7. The van der Waals surface area contributed by atoms with Gasteiger partial charge in [-0.3, -0.25) is 10.1 Å². The summed E-state index contributed by atoms with van der Waals surface area (Å²) in [6.45, 7) is 2.31. The summed E-state index contributed by atoms with van der Waals surface area (Å²) in [6, 6.07) is 2.08. The Morgan fingerprint density at radius 2 is 2.30 bits per heavy atom. The first-order valence-electron chi connectivity index (χ1n) is 7.19. The number of nitrogens with one attached hydrogen (secondary N) is 2. The van der Waals surface area contributed by atoms with E-state index in [1.807, 2.05) is 11.8 Å². The molecule has 2 N–H and O–H groups in total. The second-order valence-electron chi connectivity index (χ2n) is 5.98. The van der Waals surface area contributed by atoms with E-state index >= 15 is 0 Å². The molecule has 5 heteroatoms. The van der Waals surface area contributed by atoms with Crippen molar-refractivity contribution in [1.82, 2.24) is 10.6 Å². The van der Waals surface area contributed by atoms with Gasteiger partial charge in [-0.05, 0) is 58.0 Å². The lowest BCUT2D eigenvalue weighted by atomic mass is 9.83. The molecule has 3 aliphatic rings. The van der Waals surface area contributed by atoms with Gasteiger partial charge in [0.25, 0.3) is 0 Å². The maximum absolute atomic E-state index is 12.5. The van der Waals surface area contributed by atoms with Crippen molar-refractivity contribution in [2.75, 3.05) is 0 Å². The third-order valence-corrected chi connectivity index (χ3v) is 6.60. The number of hydrogen-bond donors (Lipinski definition) is 2. The van der Waals surface area contributed by atoms with Crippen LogP contribution in [0.25, 0.3) is 0 Å². The molecule has 1 amide bonds. The number of amides is 1. The quantitative estimate of drug-likeness (QED) is 0.837. The van der Waals surface area contributed by atoms with E-state index in [0.717, 1.165) is 18.8 Å². The minimum absolute atomic E-state index is 0.0266. The van der Waals surface area contributed by atoms with Crippen molar-refractivity contribution in [2.45, 2.75) is 37.7 Å². The van der Waals surface area contributed by atoms with Crippen LogP contribution in [0.1, 0.15) is 37.9 Å².